The molecule has 1 aromatic carbocycles. The van der Waals surface area contributed by atoms with Crippen molar-refractivity contribution < 1.29 is 13.9 Å². The van der Waals surface area contributed by atoms with E-state index in [1.807, 2.05) is 26.1 Å². The van der Waals surface area contributed by atoms with Gasteiger partial charge in [0.25, 0.3) is 5.91 Å². The Bertz CT molecular complexity index is 1460. The van der Waals surface area contributed by atoms with Crippen LogP contribution in [0.3, 0.4) is 0 Å². The number of anilines is 1. The lowest BCUT2D eigenvalue weighted by molar-refractivity contribution is 0.0749. The first-order valence-electron chi connectivity index (χ1n) is 11.3. The van der Waals surface area contributed by atoms with Crippen LogP contribution in [0.2, 0.25) is 0 Å². The summed E-state index contributed by atoms with van der Waals surface area (Å²) in [4.78, 5) is 28.7. The third kappa shape index (κ3) is 3.11. The molecule has 34 heavy (non-hydrogen) atoms. The van der Waals surface area contributed by atoms with E-state index in [4.69, 9.17) is 4.74 Å². The second kappa shape index (κ2) is 7.79. The molecule has 0 unspecified atom stereocenters. The fourth-order valence-corrected chi connectivity index (χ4v) is 4.85. The lowest BCUT2D eigenvalue weighted by Crippen LogP contribution is -2.32. The molecule has 1 amide bonds. The van der Waals surface area contributed by atoms with Crippen LogP contribution < -0.4 is 10.1 Å². The summed E-state index contributed by atoms with van der Waals surface area (Å²) >= 11 is 0. The zero-order valence-corrected chi connectivity index (χ0v) is 18.9. The summed E-state index contributed by atoms with van der Waals surface area (Å²) in [5, 5.41) is 3.25. The summed E-state index contributed by atoms with van der Waals surface area (Å²) in [5.74, 6) is 0.789. The quantitative estimate of drug-likeness (QED) is 0.501. The molecular weight excluding hydrogens is 435 g/mol. The van der Waals surface area contributed by atoms with Gasteiger partial charge in [-0.25, -0.2) is 14.4 Å². The fourth-order valence-electron chi connectivity index (χ4n) is 4.85. The van der Waals surface area contributed by atoms with Crippen LogP contribution >= 0.6 is 0 Å². The molecule has 0 fully saturated rings. The van der Waals surface area contributed by atoms with Crippen LogP contribution in [0.15, 0.2) is 36.9 Å². The van der Waals surface area contributed by atoms with Gasteiger partial charge in [0.05, 0.1) is 12.1 Å². The number of halogens is 1. The van der Waals surface area contributed by atoms with Crippen LogP contribution in [0.5, 0.6) is 5.75 Å². The summed E-state index contributed by atoms with van der Waals surface area (Å²) in [6.07, 6.45) is 5.84. The smallest absolute Gasteiger partial charge is 0.275 e. The van der Waals surface area contributed by atoms with E-state index < -0.39 is 0 Å². The molecule has 2 aliphatic heterocycles. The molecule has 8 nitrogen and oxygen atoms in total. The number of hydrogen-bond acceptors (Lipinski definition) is 6. The van der Waals surface area contributed by atoms with Crippen molar-refractivity contribution in [3.63, 3.8) is 0 Å². The average Bonchev–Trinajstić information content (AvgIpc) is 3.49. The molecule has 0 aliphatic carbocycles. The van der Waals surface area contributed by atoms with Crippen molar-refractivity contribution in [3.8, 4) is 16.9 Å². The minimum atomic E-state index is -0.283. The molecule has 0 bridgehead atoms. The fraction of sp³-hybridized carbons (Fsp3) is 0.280. The number of nitrogens with one attached hydrogen (secondary N) is 1. The normalized spacial score (nSPS) is 14.4. The van der Waals surface area contributed by atoms with Crippen LogP contribution in [0.25, 0.3) is 16.6 Å². The van der Waals surface area contributed by atoms with Gasteiger partial charge in [-0.2, -0.15) is 0 Å². The molecule has 1 N–H and O–H groups in total. The monoisotopic (exact) mass is 458 g/mol. The lowest BCUT2D eigenvalue weighted by atomic mass is 9.98. The summed E-state index contributed by atoms with van der Waals surface area (Å²) in [6, 6.07) is 5.11. The number of imidazole rings is 1. The van der Waals surface area contributed by atoms with E-state index in [2.05, 4.69) is 20.3 Å². The number of pyridine rings is 1. The number of rotatable bonds is 4. The van der Waals surface area contributed by atoms with Crippen LogP contribution in [-0.4, -0.2) is 43.3 Å². The van der Waals surface area contributed by atoms with Crippen LogP contribution in [-0.2, 0) is 19.5 Å². The zero-order valence-electron chi connectivity index (χ0n) is 18.9. The van der Waals surface area contributed by atoms with Crippen molar-refractivity contribution in [2.24, 2.45) is 0 Å². The lowest BCUT2D eigenvalue weighted by Gasteiger charge is -2.25. The standard InChI is InChI=1S/C25H23FN6O2/c1-3-31-12-15-8-14(2)27-9-17(15)19-11-29-25(32-13-30-22(23(19)32)24(31)33)28-10-18-16-6-7-34-21(16)5-4-20(18)26/h4-5,8-9,11,13H,3,6-7,10,12H2,1-2H3,(H,28,29). The number of ether oxygens (including phenoxy) is 1. The third-order valence-corrected chi connectivity index (χ3v) is 6.58. The molecule has 5 heterocycles. The molecular formula is C25H23FN6O2. The summed E-state index contributed by atoms with van der Waals surface area (Å²) in [6.45, 7) is 5.72. The highest BCUT2D eigenvalue weighted by molar-refractivity contribution is 6.04. The molecule has 0 radical (unpaired) electrons. The van der Waals surface area contributed by atoms with E-state index in [-0.39, 0.29) is 18.3 Å². The molecule has 4 aromatic rings. The first-order valence-corrected chi connectivity index (χ1v) is 11.3. The van der Waals surface area contributed by atoms with Crippen molar-refractivity contribution in [1.29, 1.82) is 0 Å². The van der Waals surface area contributed by atoms with Crippen molar-refractivity contribution in [2.75, 3.05) is 18.5 Å². The van der Waals surface area contributed by atoms with Gasteiger partial charge in [0.1, 0.15) is 17.9 Å². The van der Waals surface area contributed by atoms with Crippen molar-refractivity contribution in [3.05, 3.63) is 70.8 Å². The van der Waals surface area contributed by atoms with Crippen molar-refractivity contribution in [2.45, 2.75) is 33.4 Å². The van der Waals surface area contributed by atoms with E-state index in [0.29, 0.717) is 48.8 Å². The maximum absolute atomic E-state index is 14.6. The van der Waals surface area contributed by atoms with Gasteiger partial charge < -0.3 is 15.0 Å². The maximum Gasteiger partial charge on any atom is 0.275 e. The average molecular weight is 458 g/mol. The summed E-state index contributed by atoms with van der Waals surface area (Å²) < 4.78 is 22.0. The largest absolute Gasteiger partial charge is 0.493 e. The van der Waals surface area contributed by atoms with Crippen LogP contribution in [0.1, 0.15) is 39.8 Å². The molecule has 0 spiro atoms. The molecule has 9 heteroatoms. The maximum atomic E-state index is 14.6. The Hall–Kier alpha value is -4.01. The Morgan fingerprint density at radius 2 is 2.03 bits per heavy atom. The van der Waals surface area contributed by atoms with Gasteiger partial charge in [0.15, 0.2) is 5.69 Å². The van der Waals surface area contributed by atoms with Crippen LogP contribution in [0.4, 0.5) is 10.3 Å². The molecule has 0 atom stereocenters. The van der Waals surface area contributed by atoms with E-state index in [1.54, 1.807) is 27.9 Å². The number of carbonyl (C=O) groups excluding carboxylic acids is 1. The van der Waals surface area contributed by atoms with Gasteiger partial charge in [-0.1, -0.05) is 0 Å². The van der Waals surface area contributed by atoms with Crippen molar-refractivity contribution in [1.82, 2.24) is 24.3 Å². The van der Waals surface area contributed by atoms with E-state index in [0.717, 1.165) is 33.7 Å². The first-order chi connectivity index (χ1) is 16.5. The third-order valence-electron chi connectivity index (χ3n) is 6.58. The Kier molecular flexibility index (Phi) is 4.72. The molecule has 172 valence electrons. The Morgan fingerprint density at radius 3 is 2.88 bits per heavy atom. The first kappa shape index (κ1) is 20.6. The number of carbonyl (C=O) groups is 1. The van der Waals surface area contributed by atoms with Gasteiger partial charge in [0, 0.05) is 66.4 Å². The molecule has 3 aromatic heterocycles. The van der Waals surface area contributed by atoms with Gasteiger partial charge in [-0.05, 0) is 37.6 Å². The Balaban J connectivity index is 1.47. The van der Waals surface area contributed by atoms with Gasteiger partial charge in [-0.3, -0.25) is 14.2 Å². The van der Waals surface area contributed by atoms with E-state index in [9.17, 15) is 9.18 Å². The number of fused-ring (bicyclic) bond motifs is 3. The Labute approximate surface area is 195 Å². The topological polar surface area (TPSA) is 84.7 Å². The number of aromatic nitrogens is 4. The molecule has 2 aliphatic rings. The predicted molar refractivity (Wildman–Crippen MR) is 124 cm³/mol. The van der Waals surface area contributed by atoms with Gasteiger partial charge >= 0.3 is 0 Å². The number of amides is 1. The van der Waals surface area contributed by atoms with Gasteiger partial charge in [0.2, 0.25) is 5.95 Å². The minimum Gasteiger partial charge on any atom is -0.493 e. The SMILES string of the molecule is CCN1Cc2cc(C)ncc2-c2cnc(NCc3c(F)ccc4c3CCO4)n3cnc(c23)C1=O. The molecule has 0 saturated heterocycles. The van der Waals surface area contributed by atoms with E-state index in [1.165, 1.54) is 6.07 Å². The van der Waals surface area contributed by atoms with E-state index >= 15 is 0 Å². The molecule has 6 rings (SSSR count). The highest BCUT2D eigenvalue weighted by Gasteiger charge is 2.28. The minimum absolute atomic E-state index is 0.132. The predicted octanol–water partition coefficient (Wildman–Crippen LogP) is 3.76. The summed E-state index contributed by atoms with van der Waals surface area (Å²) in [7, 11) is 0. The number of nitrogens with zero attached hydrogens (tertiary/aromatic N) is 5. The van der Waals surface area contributed by atoms with Gasteiger partial charge in [-0.15, -0.1) is 0 Å². The van der Waals surface area contributed by atoms with Crippen LogP contribution in [0, 0.1) is 12.7 Å². The highest BCUT2D eigenvalue weighted by Crippen LogP contribution is 2.35. The number of benzene rings is 1. The number of hydrogen-bond donors (Lipinski definition) is 1. The molecule has 0 saturated carbocycles. The zero-order chi connectivity index (χ0) is 23.4. The second-order valence-electron chi connectivity index (χ2n) is 8.56. The number of aryl methyl sites for hydroxylation is 1. The second-order valence-corrected chi connectivity index (χ2v) is 8.56. The highest BCUT2D eigenvalue weighted by atomic mass is 19.1. The van der Waals surface area contributed by atoms with Crippen molar-refractivity contribution >= 4 is 17.4 Å². The Morgan fingerprint density at radius 1 is 1.18 bits per heavy atom. The summed E-state index contributed by atoms with van der Waals surface area (Å²) in [5.41, 5.74) is 6.10.